The Morgan fingerprint density at radius 2 is 1.79 bits per heavy atom. The summed E-state index contributed by atoms with van der Waals surface area (Å²) in [6.45, 7) is 23.6. The number of allylic oxidation sites excluding steroid dienone is 3. The summed E-state index contributed by atoms with van der Waals surface area (Å²) in [6, 6.07) is 0. The van der Waals surface area contributed by atoms with Crippen molar-refractivity contribution in [2.75, 3.05) is 7.11 Å². The number of carbonyl (C=O) groups is 1. The summed E-state index contributed by atoms with van der Waals surface area (Å²) in [7, 11) is 0.0238. The van der Waals surface area contributed by atoms with Crippen LogP contribution in [0.2, 0.25) is 18.1 Å². The van der Waals surface area contributed by atoms with Crippen molar-refractivity contribution in [1.82, 2.24) is 0 Å². The van der Waals surface area contributed by atoms with Gasteiger partial charge in [0.15, 0.2) is 8.32 Å². The lowest BCUT2D eigenvalue weighted by Crippen LogP contribution is -2.52. The lowest BCUT2D eigenvalue weighted by molar-refractivity contribution is -0.124. The van der Waals surface area contributed by atoms with E-state index in [4.69, 9.17) is 9.16 Å². The van der Waals surface area contributed by atoms with Crippen LogP contribution in [0.3, 0.4) is 0 Å². The predicted molar refractivity (Wildman–Crippen MR) is 161 cm³/mol. The topological polar surface area (TPSA) is 35.5 Å². The predicted octanol–water partition coefficient (Wildman–Crippen LogP) is 9.35. The van der Waals surface area contributed by atoms with Crippen LogP contribution in [0, 0.1) is 46.3 Å². The standard InChI is InChI=1S/C34H58O3Si/c1-22(2)12-15-30(36-9)23(3)31-29(35)21-28-26-14-13-24-20-25(37-38(10,11)32(4,5)6)16-18-33(24,7)27(26)17-19-34(28,31)8/h13,15,22-23,25-28,31H,12,14,16-21H2,1-11H3/t23?,25?,26-,27+,28+,31?,33+,34+/m1/s1. The number of ether oxygens (including phenoxy) is 1. The van der Waals surface area contributed by atoms with Crippen molar-refractivity contribution in [2.45, 2.75) is 131 Å². The molecule has 0 spiro atoms. The third-order valence-electron chi connectivity index (χ3n) is 12.2. The lowest BCUT2D eigenvalue weighted by Gasteiger charge is -2.58. The van der Waals surface area contributed by atoms with Crippen LogP contribution in [0.1, 0.15) is 107 Å². The first-order valence-corrected chi connectivity index (χ1v) is 18.6. The first-order valence-electron chi connectivity index (χ1n) is 15.7. The molecule has 0 aliphatic heterocycles. The highest BCUT2D eigenvalue weighted by Gasteiger charge is 2.62. The minimum atomic E-state index is -1.77. The molecule has 4 heteroatoms. The summed E-state index contributed by atoms with van der Waals surface area (Å²) < 4.78 is 12.8. The fraction of sp³-hybridized carbons (Fsp3) is 0.853. The molecule has 0 aromatic carbocycles. The smallest absolute Gasteiger partial charge is 0.192 e. The zero-order valence-electron chi connectivity index (χ0n) is 26.6. The molecule has 3 saturated carbocycles. The van der Waals surface area contributed by atoms with E-state index in [-0.39, 0.29) is 27.7 Å². The van der Waals surface area contributed by atoms with Gasteiger partial charge in [0.2, 0.25) is 0 Å². The zero-order chi connectivity index (χ0) is 28.3. The van der Waals surface area contributed by atoms with Crippen LogP contribution in [0.15, 0.2) is 23.5 Å². The second-order valence-electron chi connectivity index (χ2n) is 15.9. The molecule has 216 valence electrons. The van der Waals surface area contributed by atoms with Crippen LogP contribution in [-0.4, -0.2) is 27.3 Å². The second-order valence-corrected chi connectivity index (χ2v) is 20.7. The normalized spacial score (nSPS) is 38.8. The monoisotopic (exact) mass is 542 g/mol. The van der Waals surface area contributed by atoms with E-state index in [0.29, 0.717) is 35.6 Å². The fourth-order valence-electron chi connectivity index (χ4n) is 8.97. The van der Waals surface area contributed by atoms with Crippen molar-refractivity contribution in [3.8, 4) is 0 Å². The van der Waals surface area contributed by atoms with Gasteiger partial charge in [-0.05, 0) is 104 Å². The Kier molecular flexibility index (Phi) is 8.32. The molecule has 0 radical (unpaired) electrons. The lowest BCUT2D eigenvalue weighted by atomic mass is 9.47. The van der Waals surface area contributed by atoms with Gasteiger partial charge in [-0.1, -0.05) is 67.0 Å². The van der Waals surface area contributed by atoms with Crippen LogP contribution >= 0.6 is 0 Å². The molecular formula is C34H58O3Si. The second kappa shape index (κ2) is 10.5. The van der Waals surface area contributed by atoms with Crippen molar-refractivity contribution in [2.24, 2.45) is 46.3 Å². The number of hydrogen-bond acceptors (Lipinski definition) is 3. The van der Waals surface area contributed by atoms with Gasteiger partial charge in [-0.2, -0.15) is 0 Å². The molecule has 4 rings (SSSR count). The van der Waals surface area contributed by atoms with E-state index in [1.54, 1.807) is 12.7 Å². The van der Waals surface area contributed by atoms with Gasteiger partial charge < -0.3 is 9.16 Å². The average molecular weight is 543 g/mol. The van der Waals surface area contributed by atoms with Crippen LogP contribution in [0.4, 0.5) is 0 Å². The third kappa shape index (κ3) is 5.15. The van der Waals surface area contributed by atoms with E-state index in [9.17, 15) is 4.79 Å². The van der Waals surface area contributed by atoms with Crippen molar-refractivity contribution < 1.29 is 14.0 Å². The number of methoxy groups -OCH3 is 1. The Bertz CT molecular complexity index is 955. The van der Waals surface area contributed by atoms with Gasteiger partial charge in [0.25, 0.3) is 0 Å². The number of rotatable bonds is 7. The van der Waals surface area contributed by atoms with Crippen LogP contribution in [-0.2, 0) is 14.0 Å². The molecule has 3 fully saturated rings. The van der Waals surface area contributed by atoms with Gasteiger partial charge in [-0.15, -0.1) is 0 Å². The summed E-state index contributed by atoms with van der Waals surface area (Å²) in [6.07, 6.45) is 14.1. The van der Waals surface area contributed by atoms with Gasteiger partial charge in [0.1, 0.15) is 5.78 Å². The zero-order valence-corrected chi connectivity index (χ0v) is 27.6. The average Bonchev–Trinajstić information content (AvgIpc) is 3.08. The van der Waals surface area contributed by atoms with Gasteiger partial charge in [-0.25, -0.2) is 0 Å². The van der Waals surface area contributed by atoms with Crippen LogP contribution < -0.4 is 0 Å². The maximum Gasteiger partial charge on any atom is 0.192 e. The summed E-state index contributed by atoms with van der Waals surface area (Å²) in [5, 5.41) is 0.253. The van der Waals surface area contributed by atoms with E-state index >= 15 is 0 Å². The summed E-state index contributed by atoms with van der Waals surface area (Å²) in [4.78, 5) is 13.7. The molecule has 4 aliphatic rings. The molecule has 3 unspecified atom stereocenters. The van der Waals surface area contributed by atoms with Gasteiger partial charge in [0, 0.05) is 24.4 Å². The maximum absolute atomic E-state index is 13.7. The molecular weight excluding hydrogens is 484 g/mol. The summed E-state index contributed by atoms with van der Waals surface area (Å²) in [5.41, 5.74) is 2.03. The minimum Gasteiger partial charge on any atom is -0.501 e. The Balaban J connectivity index is 1.54. The largest absolute Gasteiger partial charge is 0.501 e. The number of Topliss-reactive ketones (excluding diaryl/α,β-unsaturated/α-hetero) is 1. The van der Waals surface area contributed by atoms with Crippen LogP contribution in [0.5, 0.6) is 0 Å². The van der Waals surface area contributed by atoms with Gasteiger partial charge in [0.05, 0.1) is 12.9 Å². The van der Waals surface area contributed by atoms with Crippen molar-refractivity contribution in [3.63, 3.8) is 0 Å². The molecule has 3 nitrogen and oxygen atoms in total. The molecule has 0 heterocycles. The highest BCUT2D eigenvalue weighted by atomic mass is 28.4. The minimum absolute atomic E-state index is 0.0808. The SMILES string of the molecule is COC(=CCC(C)C)C(C)C1C(=O)C[C@H]2[C@@H]3CC=C4CC(O[Si](C)(C)C(C)(C)C)CC[C@]4(C)[C@H]3CC[C@]12C. The maximum atomic E-state index is 13.7. The van der Waals surface area contributed by atoms with Gasteiger partial charge in [-0.3, -0.25) is 4.79 Å². The molecule has 0 N–H and O–H groups in total. The quantitative estimate of drug-likeness (QED) is 0.183. The number of carbonyl (C=O) groups excluding carboxylic acids is 1. The van der Waals surface area contributed by atoms with E-state index < -0.39 is 8.32 Å². The number of hydrogen-bond donors (Lipinski definition) is 0. The molecule has 0 saturated heterocycles. The summed E-state index contributed by atoms with van der Waals surface area (Å²) in [5.74, 6) is 4.19. The van der Waals surface area contributed by atoms with Crippen molar-refractivity contribution in [1.29, 1.82) is 0 Å². The number of ketones is 1. The molecule has 8 atom stereocenters. The molecule has 0 aromatic heterocycles. The van der Waals surface area contributed by atoms with Gasteiger partial charge >= 0.3 is 0 Å². The van der Waals surface area contributed by atoms with Crippen molar-refractivity contribution in [3.05, 3.63) is 23.5 Å². The molecule has 0 bridgehead atoms. The van der Waals surface area contributed by atoms with E-state index in [2.05, 4.69) is 80.6 Å². The number of fused-ring (bicyclic) bond motifs is 5. The van der Waals surface area contributed by atoms with E-state index in [1.165, 1.54) is 25.7 Å². The molecule has 0 amide bonds. The Morgan fingerprint density at radius 3 is 2.39 bits per heavy atom. The molecule has 4 aliphatic carbocycles. The Morgan fingerprint density at radius 1 is 1.11 bits per heavy atom. The highest BCUT2D eigenvalue weighted by Crippen LogP contribution is 2.67. The van der Waals surface area contributed by atoms with E-state index in [1.807, 2.05) is 0 Å². The molecule has 38 heavy (non-hydrogen) atoms. The highest BCUT2D eigenvalue weighted by molar-refractivity contribution is 6.74. The Hall–Kier alpha value is -0.873. The first kappa shape index (κ1) is 30.1. The first-order chi connectivity index (χ1) is 17.5. The fourth-order valence-corrected chi connectivity index (χ4v) is 10.4. The summed E-state index contributed by atoms with van der Waals surface area (Å²) >= 11 is 0. The van der Waals surface area contributed by atoms with E-state index in [0.717, 1.165) is 31.4 Å². The third-order valence-corrected chi connectivity index (χ3v) is 16.8. The molecule has 0 aromatic rings. The Labute approximate surface area is 235 Å². The van der Waals surface area contributed by atoms with Crippen molar-refractivity contribution >= 4 is 14.1 Å². The van der Waals surface area contributed by atoms with Crippen LogP contribution in [0.25, 0.3) is 0 Å².